The van der Waals surface area contributed by atoms with Crippen LogP contribution in [0.3, 0.4) is 0 Å². The molecule has 0 saturated carbocycles. The van der Waals surface area contributed by atoms with Crippen molar-refractivity contribution in [2.45, 2.75) is 20.8 Å². The maximum Gasteiger partial charge on any atom is 0.227 e. The summed E-state index contributed by atoms with van der Waals surface area (Å²) in [7, 11) is 3.98. The molecule has 0 spiro atoms. The quantitative estimate of drug-likeness (QED) is 0.866. The van der Waals surface area contributed by atoms with Crippen LogP contribution in [0.2, 0.25) is 0 Å². The molecule has 1 aromatic rings. The Morgan fingerprint density at radius 2 is 1.92 bits per heavy atom. The summed E-state index contributed by atoms with van der Waals surface area (Å²) in [6.45, 7) is 5.56. The van der Waals surface area contributed by atoms with Crippen LogP contribution in [0.5, 0.6) is 0 Å². The second kappa shape index (κ2) is 7.25. The van der Waals surface area contributed by atoms with Gasteiger partial charge in [0.25, 0.3) is 0 Å². The van der Waals surface area contributed by atoms with Crippen LogP contribution < -0.4 is 10.2 Å². The normalized spacial score (nSPS) is 15.7. The van der Waals surface area contributed by atoms with E-state index in [1.54, 1.807) is 26.0 Å². The third-order valence-corrected chi connectivity index (χ3v) is 3.69. The molecule has 0 fully saturated rings. The zero-order valence-corrected chi connectivity index (χ0v) is 14.8. The van der Waals surface area contributed by atoms with E-state index in [-0.39, 0.29) is 23.3 Å². The molecule has 0 aliphatic heterocycles. The van der Waals surface area contributed by atoms with Crippen LogP contribution in [-0.4, -0.2) is 31.5 Å². The number of ketones is 1. The largest absolute Gasteiger partial charge is 0.378 e. The minimum Gasteiger partial charge on any atom is -0.378 e. The Balaban J connectivity index is 2.29. The van der Waals surface area contributed by atoms with E-state index >= 15 is 0 Å². The monoisotopic (exact) mass is 325 g/mol. The fraction of sp³-hybridized carbons (Fsp3) is 0.316. The van der Waals surface area contributed by atoms with Crippen molar-refractivity contribution < 1.29 is 9.59 Å². The van der Waals surface area contributed by atoms with E-state index in [9.17, 15) is 9.59 Å². The highest BCUT2D eigenvalue weighted by Crippen LogP contribution is 2.24. The van der Waals surface area contributed by atoms with Crippen LogP contribution in [0.1, 0.15) is 19.4 Å². The molecule has 0 bridgehead atoms. The van der Waals surface area contributed by atoms with Gasteiger partial charge < -0.3 is 10.2 Å². The van der Waals surface area contributed by atoms with Gasteiger partial charge in [0.05, 0.1) is 17.1 Å². The molecule has 0 aromatic heterocycles. The van der Waals surface area contributed by atoms with Crippen LogP contribution in [0.25, 0.3) is 0 Å². The number of carbonyl (C=O) groups excluding carboxylic acids is 2. The summed E-state index contributed by atoms with van der Waals surface area (Å²) >= 11 is 0. The first-order valence-electron chi connectivity index (χ1n) is 7.89. The summed E-state index contributed by atoms with van der Waals surface area (Å²) in [6, 6.07) is 6.00. The SMILES string of the molecule is Cc1cc(N(C)C)ccc1N=C1C=CC(=O)C(NC(=O)C(C)C)=C1. The van der Waals surface area contributed by atoms with Crippen molar-refractivity contribution >= 4 is 28.8 Å². The average molecular weight is 325 g/mol. The van der Waals surface area contributed by atoms with Crippen LogP contribution in [0.15, 0.2) is 47.1 Å². The molecule has 5 heteroatoms. The van der Waals surface area contributed by atoms with E-state index in [2.05, 4.69) is 16.4 Å². The molecule has 1 amide bonds. The number of amides is 1. The van der Waals surface area contributed by atoms with Crippen molar-refractivity contribution in [3.05, 3.63) is 47.7 Å². The van der Waals surface area contributed by atoms with Gasteiger partial charge in [-0.3, -0.25) is 9.59 Å². The van der Waals surface area contributed by atoms with Gasteiger partial charge in [0.1, 0.15) is 0 Å². The molecule has 1 aliphatic rings. The molecular formula is C19H23N3O2. The van der Waals surface area contributed by atoms with Crippen LogP contribution in [-0.2, 0) is 9.59 Å². The van der Waals surface area contributed by atoms with Crippen molar-refractivity contribution in [1.29, 1.82) is 0 Å². The lowest BCUT2D eigenvalue weighted by atomic mass is 10.1. The number of carbonyl (C=O) groups is 2. The number of benzene rings is 1. The van der Waals surface area contributed by atoms with E-state index in [1.807, 2.05) is 38.1 Å². The van der Waals surface area contributed by atoms with Gasteiger partial charge in [-0.25, -0.2) is 4.99 Å². The minimum absolute atomic E-state index is 0.184. The van der Waals surface area contributed by atoms with Gasteiger partial charge in [-0.05, 0) is 48.9 Å². The summed E-state index contributed by atoms with van der Waals surface area (Å²) < 4.78 is 0. The van der Waals surface area contributed by atoms with Crippen LogP contribution in [0, 0.1) is 12.8 Å². The summed E-state index contributed by atoms with van der Waals surface area (Å²) in [5.41, 5.74) is 3.87. The second-order valence-corrected chi connectivity index (χ2v) is 6.30. The Hall–Kier alpha value is -2.69. The predicted molar refractivity (Wildman–Crippen MR) is 97.8 cm³/mol. The number of anilines is 1. The zero-order valence-electron chi connectivity index (χ0n) is 14.8. The maximum atomic E-state index is 11.9. The van der Waals surface area contributed by atoms with Crippen molar-refractivity contribution in [1.82, 2.24) is 5.32 Å². The van der Waals surface area contributed by atoms with Gasteiger partial charge >= 0.3 is 0 Å². The van der Waals surface area contributed by atoms with Crippen LogP contribution >= 0.6 is 0 Å². The standard InChI is InChI=1S/C19H23N3O2/c1-12(2)19(24)21-17-11-14(6-9-18(17)23)20-16-8-7-15(22(4)5)10-13(16)3/h6-12H,1-5H3,(H,21,24). The average Bonchev–Trinajstić information content (AvgIpc) is 2.52. The number of nitrogens with zero attached hydrogens (tertiary/aromatic N) is 2. The van der Waals surface area contributed by atoms with E-state index < -0.39 is 0 Å². The van der Waals surface area contributed by atoms with E-state index in [4.69, 9.17) is 0 Å². The molecule has 5 nitrogen and oxygen atoms in total. The number of allylic oxidation sites excluding steroid dienone is 3. The van der Waals surface area contributed by atoms with Gasteiger partial charge in [0, 0.05) is 25.7 Å². The molecule has 1 aromatic carbocycles. The molecule has 0 unspecified atom stereocenters. The highest BCUT2D eigenvalue weighted by atomic mass is 16.2. The molecule has 1 aliphatic carbocycles. The number of hydrogen-bond donors (Lipinski definition) is 1. The fourth-order valence-electron chi connectivity index (χ4n) is 2.14. The lowest BCUT2D eigenvalue weighted by molar-refractivity contribution is -0.124. The Kier molecular flexibility index (Phi) is 5.34. The molecule has 0 atom stereocenters. The van der Waals surface area contributed by atoms with E-state index in [0.29, 0.717) is 5.71 Å². The van der Waals surface area contributed by atoms with Crippen LogP contribution in [0.4, 0.5) is 11.4 Å². The topological polar surface area (TPSA) is 61.8 Å². The first-order valence-corrected chi connectivity index (χ1v) is 7.89. The molecule has 24 heavy (non-hydrogen) atoms. The molecular weight excluding hydrogens is 302 g/mol. The maximum absolute atomic E-state index is 11.9. The van der Waals surface area contributed by atoms with Crippen molar-refractivity contribution in [2.24, 2.45) is 10.9 Å². The Morgan fingerprint density at radius 1 is 1.21 bits per heavy atom. The van der Waals surface area contributed by atoms with Gasteiger partial charge in [-0.15, -0.1) is 0 Å². The van der Waals surface area contributed by atoms with Crippen molar-refractivity contribution in [3.8, 4) is 0 Å². The minimum atomic E-state index is -0.220. The van der Waals surface area contributed by atoms with Crippen molar-refractivity contribution in [2.75, 3.05) is 19.0 Å². The van der Waals surface area contributed by atoms with E-state index in [1.165, 1.54) is 6.08 Å². The number of rotatable bonds is 4. The smallest absolute Gasteiger partial charge is 0.227 e. The molecule has 126 valence electrons. The first kappa shape index (κ1) is 17.7. The summed E-state index contributed by atoms with van der Waals surface area (Å²) in [5.74, 6) is -0.593. The third kappa shape index (κ3) is 4.19. The van der Waals surface area contributed by atoms with Crippen molar-refractivity contribution in [3.63, 3.8) is 0 Å². The molecule has 1 N–H and O–H groups in total. The highest BCUT2D eigenvalue weighted by Gasteiger charge is 2.16. The number of aliphatic imine (C=N–C) groups is 1. The highest BCUT2D eigenvalue weighted by molar-refractivity contribution is 6.20. The number of aryl methyl sites for hydroxylation is 1. The first-order chi connectivity index (χ1) is 11.3. The lowest BCUT2D eigenvalue weighted by Crippen LogP contribution is -2.31. The number of nitrogens with one attached hydrogen (secondary N) is 1. The number of hydrogen-bond acceptors (Lipinski definition) is 4. The molecule has 0 saturated heterocycles. The molecule has 0 heterocycles. The molecule has 2 rings (SSSR count). The molecule has 0 radical (unpaired) electrons. The van der Waals surface area contributed by atoms with Gasteiger partial charge in [0.2, 0.25) is 11.7 Å². The second-order valence-electron chi connectivity index (χ2n) is 6.30. The summed E-state index contributed by atoms with van der Waals surface area (Å²) in [4.78, 5) is 30.3. The Bertz CT molecular complexity index is 756. The Morgan fingerprint density at radius 3 is 2.50 bits per heavy atom. The Labute approximate surface area is 142 Å². The predicted octanol–water partition coefficient (Wildman–Crippen LogP) is 2.93. The lowest BCUT2D eigenvalue weighted by Gasteiger charge is -2.14. The fourth-order valence-corrected chi connectivity index (χ4v) is 2.14. The summed E-state index contributed by atoms with van der Waals surface area (Å²) in [6.07, 6.45) is 4.70. The van der Waals surface area contributed by atoms with Gasteiger partial charge in [-0.2, -0.15) is 0 Å². The summed E-state index contributed by atoms with van der Waals surface area (Å²) in [5, 5.41) is 2.66. The van der Waals surface area contributed by atoms with Gasteiger partial charge in [-0.1, -0.05) is 13.8 Å². The van der Waals surface area contributed by atoms with Gasteiger partial charge in [0.15, 0.2) is 0 Å². The zero-order chi connectivity index (χ0) is 17.9. The van der Waals surface area contributed by atoms with E-state index in [0.717, 1.165) is 16.9 Å². The third-order valence-electron chi connectivity index (χ3n) is 3.69.